The average Bonchev–Trinajstić information content (AvgIpc) is 2.45. The highest BCUT2D eigenvalue weighted by atomic mass is 16.5. The first-order valence-corrected chi connectivity index (χ1v) is 8.82. The molecule has 1 saturated heterocycles. The Morgan fingerprint density at radius 2 is 1.95 bits per heavy atom. The summed E-state index contributed by atoms with van der Waals surface area (Å²) in [4.78, 5) is 0. The fraction of sp³-hybridized carbons (Fsp3) is 1.00. The highest BCUT2D eigenvalue weighted by molar-refractivity contribution is 4.87. The minimum atomic E-state index is 0.245. The zero-order valence-corrected chi connectivity index (χ0v) is 14.1. The van der Waals surface area contributed by atoms with Crippen molar-refractivity contribution in [3.05, 3.63) is 0 Å². The molecular weight excluding hydrogens is 246 g/mol. The summed E-state index contributed by atoms with van der Waals surface area (Å²) in [5, 5.41) is 3.75. The lowest BCUT2D eigenvalue weighted by molar-refractivity contribution is -0.00403. The number of nitrogens with one attached hydrogen (secondary N) is 1. The van der Waals surface area contributed by atoms with Crippen molar-refractivity contribution in [2.45, 2.75) is 71.8 Å². The van der Waals surface area contributed by atoms with E-state index in [-0.39, 0.29) is 5.54 Å². The van der Waals surface area contributed by atoms with Crippen LogP contribution in [0.4, 0.5) is 0 Å². The van der Waals surface area contributed by atoms with Crippen LogP contribution in [0.5, 0.6) is 0 Å². The summed E-state index contributed by atoms with van der Waals surface area (Å²) in [6, 6.07) is 0. The Morgan fingerprint density at radius 3 is 2.55 bits per heavy atom. The van der Waals surface area contributed by atoms with Gasteiger partial charge >= 0.3 is 0 Å². The van der Waals surface area contributed by atoms with Gasteiger partial charge in [0.15, 0.2) is 0 Å². The lowest BCUT2D eigenvalue weighted by Gasteiger charge is -2.42. The summed E-state index contributed by atoms with van der Waals surface area (Å²) in [6.07, 6.45) is 8.34. The van der Waals surface area contributed by atoms with Gasteiger partial charge in [-0.1, -0.05) is 19.8 Å². The molecule has 118 valence electrons. The summed E-state index contributed by atoms with van der Waals surface area (Å²) in [5.41, 5.74) is 0.245. The Hall–Kier alpha value is -0.0800. The molecule has 4 atom stereocenters. The molecule has 1 N–H and O–H groups in total. The summed E-state index contributed by atoms with van der Waals surface area (Å²) in [5.74, 6) is 3.55. The normalized spacial score (nSPS) is 36.0. The molecule has 1 aliphatic carbocycles. The van der Waals surface area contributed by atoms with E-state index < -0.39 is 0 Å². The Morgan fingerprint density at radius 1 is 1.15 bits per heavy atom. The van der Waals surface area contributed by atoms with Crippen molar-refractivity contribution >= 4 is 0 Å². The SMILES string of the molecule is CCC1CCC(CNC(C)(C)C)C(C2CCCOC2)C1. The minimum Gasteiger partial charge on any atom is -0.381 e. The highest BCUT2D eigenvalue weighted by Gasteiger charge is 2.36. The number of hydrogen-bond donors (Lipinski definition) is 1. The Labute approximate surface area is 126 Å². The van der Waals surface area contributed by atoms with Gasteiger partial charge in [-0.25, -0.2) is 0 Å². The molecule has 0 aromatic carbocycles. The van der Waals surface area contributed by atoms with Gasteiger partial charge in [0.05, 0.1) is 0 Å². The van der Waals surface area contributed by atoms with Crippen LogP contribution in [0.3, 0.4) is 0 Å². The van der Waals surface area contributed by atoms with E-state index in [1.165, 1.54) is 45.1 Å². The largest absolute Gasteiger partial charge is 0.381 e. The minimum absolute atomic E-state index is 0.245. The van der Waals surface area contributed by atoms with Crippen LogP contribution in [0.1, 0.15) is 66.2 Å². The van der Waals surface area contributed by atoms with Gasteiger partial charge in [0.1, 0.15) is 0 Å². The van der Waals surface area contributed by atoms with E-state index in [0.717, 1.165) is 36.9 Å². The third-order valence-electron chi connectivity index (χ3n) is 5.43. The van der Waals surface area contributed by atoms with E-state index in [1.807, 2.05) is 0 Å². The second-order valence-corrected chi connectivity index (χ2v) is 8.12. The van der Waals surface area contributed by atoms with Gasteiger partial charge in [-0.05, 0) is 76.7 Å². The van der Waals surface area contributed by atoms with Crippen LogP contribution in [0.15, 0.2) is 0 Å². The van der Waals surface area contributed by atoms with Crippen molar-refractivity contribution in [2.24, 2.45) is 23.7 Å². The van der Waals surface area contributed by atoms with Crippen molar-refractivity contribution in [1.29, 1.82) is 0 Å². The first-order valence-electron chi connectivity index (χ1n) is 8.82. The molecular formula is C18H35NO. The van der Waals surface area contributed by atoms with Gasteiger partial charge in [0.25, 0.3) is 0 Å². The summed E-state index contributed by atoms with van der Waals surface area (Å²) in [6.45, 7) is 12.4. The predicted molar refractivity (Wildman–Crippen MR) is 85.9 cm³/mol. The first kappa shape index (κ1) is 16.3. The Kier molecular flexibility index (Phi) is 5.92. The standard InChI is InChI=1S/C18H35NO/c1-5-14-8-9-15(12-19-18(2,3)4)17(11-14)16-7-6-10-20-13-16/h14-17,19H,5-13H2,1-4H3. The van der Waals surface area contributed by atoms with Crippen LogP contribution in [0, 0.1) is 23.7 Å². The van der Waals surface area contributed by atoms with Crippen LogP contribution in [-0.2, 0) is 4.74 Å². The maximum absolute atomic E-state index is 5.78. The third-order valence-corrected chi connectivity index (χ3v) is 5.43. The molecule has 0 spiro atoms. The molecule has 20 heavy (non-hydrogen) atoms. The molecule has 4 unspecified atom stereocenters. The van der Waals surface area contributed by atoms with Crippen LogP contribution in [0.25, 0.3) is 0 Å². The Balaban J connectivity index is 1.95. The maximum Gasteiger partial charge on any atom is 0.0497 e. The molecule has 2 nitrogen and oxygen atoms in total. The summed E-state index contributed by atoms with van der Waals surface area (Å²) >= 11 is 0. The molecule has 2 aliphatic rings. The van der Waals surface area contributed by atoms with Gasteiger partial charge in [-0.2, -0.15) is 0 Å². The third kappa shape index (κ3) is 4.73. The average molecular weight is 281 g/mol. The fourth-order valence-corrected chi connectivity index (χ4v) is 4.10. The smallest absolute Gasteiger partial charge is 0.0497 e. The molecule has 1 heterocycles. The van der Waals surface area contributed by atoms with Crippen molar-refractivity contribution in [2.75, 3.05) is 19.8 Å². The van der Waals surface area contributed by atoms with E-state index in [4.69, 9.17) is 4.74 Å². The molecule has 0 amide bonds. The number of rotatable bonds is 4. The van der Waals surface area contributed by atoms with Crippen molar-refractivity contribution in [3.63, 3.8) is 0 Å². The summed E-state index contributed by atoms with van der Waals surface area (Å²) < 4.78 is 5.78. The topological polar surface area (TPSA) is 21.3 Å². The van der Waals surface area contributed by atoms with Crippen molar-refractivity contribution < 1.29 is 4.74 Å². The van der Waals surface area contributed by atoms with E-state index >= 15 is 0 Å². The lowest BCUT2D eigenvalue weighted by atomic mass is 9.67. The van der Waals surface area contributed by atoms with Gasteiger partial charge in [-0.3, -0.25) is 0 Å². The summed E-state index contributed by atoms with van der Waals surface area (Å²) in [7, 11) is 0. The zero-order valence-electron chi connectivity index (χ0n) is 14.1. The molecule has 2 heteroatoms. The predicted octanol–water partition coefficient (Wildman–Crippen LogP) is 4.24. The highest BCUT2D eigenvalue weighted by Crippen LogP contribution is 2.41. The van der Waals surface area contributed by atoms with Crippen LogP contribution in [0.2, 0.25) is 0 Å². The van der Waals surface area contributed by atoms with E-state index in [0.29, 0.717) is 0 Å². The molecule has 0 bridgehead atoms. The van der Waals surface area contributed by atoms with Crippen molar-refractivity contribution in [3.8, 4) is 0 Å². The van der Waals surface area contributed by atoms with Gasteiger partial charge in [0.2, 0.25) is 0 Å². The van der Waals surface area contributed by atoms with Gasteiger partial charge < -0.3 is 10.1 Å². The maximum atomic E-state index is 5.78. The number of hydrogen-bond acceptors (Lipinski definition) is 2. The molecule has 2 rings (SSSR count). The van der Waals surface area contributed by atoms with Crippen LogP contribution >= 0.6 is 0 Å². The van der Waals surface area contributed by atoms with Gasteiger partial charge in [0, 0.05) is 18.8 Å². The second-order valence-electron chi connectivity index (χ2n) is 8.12. The van der Waals surface area contributed by atoms with E-state index in [1.54, 1.807) is 0 Å². The zero-order chi connectivity index (χ0) is 14.6. The van der Waals surface area contributed by atoms with E-state index in [2.05, 4.69) is 33.0 Å². The number of ether oxygens (including phenoxy) is 1. The quantitative estimate of drug-likeness (QED) is 0.832. The Bertz CT molecular complexity index is 278. The second kappa shape index (κ2) is 7.26. The molecule has 0 aromatic rings. The van der Waals surface area contributed by atoms with Crippen LogP contribution < -0.4 is 5.32 Å². The lowest BCUT2D eigenvalue weighted by Crippen LogP contribution is -2.44. The monoisotopic (exact) mass is 281 g/mol. The van der Waals surface area contributed by atoms with Gasteiger partial charge in [-0.15, -0.1) is 0 Å². The van der Waals surface area contributed by atoms with E-state index in [9.17, 15) is 0 Å². The van der Waals surface area contributed by atoms with Crippen LogP contribution in [-0.4, -0.2) is 25.3 Å². The van der Waals surface area contributed by atoms with Crippen molar-refractivity contribution in [1.82, 2.24) is 5.32 Å². The molecule has 0 radical (unpaired) electrons. The molecule has 0 aromatic heterocycles. The molecule has 2 fully saturated rings. The molecule has 1 aliphatic heterocycles. The fourth-order valence-electron chi connectivity index (χ4n) is 4.10. The molecule has 1 saturated carbocycles. The first-order chi connectivity index (χ1) is 9.49.